The van der Waals surface area contributed by atoms with Crippen LogP contribution in [-0.2, 0) is 5.41 Å². The van der Waals surface area contributed by atoms with E-state index < -0.39 is 0 Å². The van der Waals surface area contributed by atoms with Gasteiger partial charge in [0.05, 0.1) is 17.4 Å². The van der Waals surface area contributed by atoms with Gasteiger partial charge in [0.15, 0.2) is 0 Å². The molecule has 0 saturated heterocycles. The highest BCUT2D eigenvalue weighted by Gasteiger charge is 2.20. The smallest absolute Gasteiger partial charge is 0.112 e. The molecule has 3 rings (SSSR count). The lowest BCUT2D eigenvalue weighted by Gasteiger charge is -2.13. The molecule has 0 aliphatic rings. The van der Waals surface area contributed by atoms with Crippen molar-refractivity contribution >= 4 is 10.9 Å². The molecule has 3 aromatic rings. The number of aryl methyl sites for hydroxylation is 1. The molecule has 4 nitrogen and oxygen atoms in total. The van der Waals surface area contributed by atoms with Crippen molar-refractivity contribution < 1.29 is 0 Å². The van der Waals surface area contributed by atoms with Crippen LogP contribution in [0.2, 0.25) is 0 Å². The number of aromatic amines is 2. The van der Waals surface area contributed by atoms with E-state index in [2.05, 4.69) is 61.1 Å². The van der Waals surface area contributed by atoms with Crippen LogP contribution in [0.15, 0.2) is 24.4 Å². The van der Waals surface area contributed by atoms with Crippen LogP contribution in [0.1, 0.15) is 32.3 Å². The lowest BCUT2D eigenvalue weighted by molar-refractivity contribution is 0.552. The molecule has 0 unspecified atom stereocenters. The van der Waals surface area contributed by atoms with Crippen LogP contribution < -0.4 is 0 Å². The molecule has 0 aliphatic carbocycles. The second-order valence-corrected chi connectivity index (χ2v) is 5.98. The van der Waals surface area contributed by atoms with E-state index in [1.807, 2.05) is 6.20 Å². The number of aromatic nitrogens is 4. The third-order valence-corrected chi connectivity index (χ3v) is 3.31. The first-order valence-electron chi connectivity index (χ1n) is 6.46. The average molecular weight is 254 g/mol. The number of fused-ring (bicyclic) bond motifs is 1. The molecule has 0 bridgehead atoms. The highest BCUT2D eigenvalue weighted by molar-refractivity contribution is 5.83. The molecular weight excluding hydrogens is 236 g/mol. The van der Waals surface area contributed by atoms with Gasteiger partial charge < -0.3 is 4.98 Å². The van der Waals surface area contributed by atoms with Crippen LogP contribution in [0.25, 0.3) is 22.2 Å². The Labute approximate surface area is 112 Å². The van der Waals surface area contributed by atoms with Crippen molar-refractivity contribution in [1.82, 2.24) is 20.2 Å². The fraction of sp³-hybridized carbons (Fsp3) is 0.333. The van der Waals surface area contributed by atoms with Crippen LogP contribution in [0, 0.1) is 6.92 Å². The molecule has 2 aromatic heterocycles. The summed E-state index contributed by atoms with van der Waals surface area (Å²) < 4.78 is 0. The summed E-state index contributed by atoms with van der Waals surface area (Å²) in [5, 5.41) is 8.17. The van der Waals surface area contributed by atoms with Gasteiger partial charge in [-0.1, -0.05) is 32.9 Å². The zero-order valence-corrected chi connectivity index (χ0v) is 11.7. The quantitative estimate of drug-likeness (QED) is 0.697. The van der Waals surface area contributed by atoms with Gasteiger partial charge >= 0.3 is 0 Å². The predicted molar refractivity (Wildman–Crippen MR) is 77.1 cm³/mol. The molecule has 0 radical (unpaired) electrons. The minimum atomic E-state index is 0.0289. The molecule has 0 saturated carbocycles. The Hall–Kier alpha value is -2.10. The van der Waals surface area contributed by atoms with E-state index in [0.717, 1.165) is 33.7 Å². The summed E-state index contributed by atoms with van der Waals surface area (Å²) in [6, 6.07) is 6.25. The van der Waals surface area contributed by atoms with Gasteiger partial charge in [-0.3, -0.25) is 5.10 Å². The molecule has 0 atom stereocenters. The maximum Gasteiger partial charge on any atom is 0.112 e. The fourth-order valence-electron chi connectivity index (χ4n) is 2.18. The van der Waals surface area contributed by atoms with Crippen molar-refractivity contribution in [2.75, 3.05) is 0 Å². The van der Waals surface area contributed by atoms with Crippen LogP contribution in [0.4, 0.5) is 0 Å². The highest BCUT2D eigenvalue weighted by atomic mass is 15.1. The topological polar surface area (TPSA) is 57.4 Å². The van der Waals surface area contributed by atoms with Gasteiger partial charge in [-0.05, 0) is 13.0 Å². The first-order chi connectivity index (χ1) is 8.95. The van der Waals surface area contributed by atoms with Gasteiger partial charge in [0.2, 0.25) is 0 Å². The SMILES string of the molecule is Cc1[nH]c(C(C)(C)C)nc1-c1ccc2cn[nH]c2c1. The summed E-state index contributed by atoms with van der Waals surface area (Å²) in [6.45, 7) is 8.54. The average Bonchev–Trinajstić information content (AvgIpc) is 2.92. The molecular formula is C15H18N4. The van der Waals surface area contributed by atoms with E-state index in [9.17, 15) is 0 Å². The third kappa shape index (κ3) is 2.03. The molecule has 0 aliphatic heterocycles. The van der Waals surface area contributed by atoms with Crippen LogP contribution in [-0.4, -0.2) is 20.2 Å². The molecule has 19 heavy (non-hydrogen) atoms. The number of imidazole rings is 1. The van der Waals surface area contributed by atoms with E-state index in [-0.39, 0.29) is 5.41 Å². The summed E-state index contributed by atoms with van der Waals surface area (Å²) in [6.07, 6.45) is 1.83. The van der Waals surface area contributed by atoms with Crippen LogP contribution >= 0.6 is 0 Å². The van der Waals surface area contributed by atoms with Gasteiger partial charge in [-0.15, -0.1) is 0 Å². The zero-order valence-electron chi connectivity index (χ0n) is 11.7. The Morgan fingerprint density at radius 3 is 2.63 bits per heavy atom. The fourth-order valence-corrected chi connectivity index (χ4v) is 2.18. The Morgan fingerprint density at radius 2 is 1.95 bits per heavy atom. The number of hydrogen-bond acceptors (Lipinski definition) is 2. The largest absolute Gasteiger partial charge is 0.345 e. The monoisotopic (exact) mass is 254 g/mol. The summed E-state index contributed by atoms with van der Waals surface area (Å²) >= 11 is 0. The third-order valence-electron chi connectivity index (χ3n) is 3.31. The maximum atomic E-state index is 4.75. The van der Waals surface area contributed by atoms with Gasteiger partial charge in [-0.25, -0.2) is 4.98 Å². The minimum Gasteiger partial charge on any atom is -0.345 e. The molecule has 0 fully saturated rings. The molecule has 0 amide bonds. The van der Waals surface area contributed by atoms with Crippen molar-refractivity contribution in [3.8, 4) is 11.3 Å². The van der Waals surface area contributed by atoms with Crippen molar-refractivity contribution in [2.24, 2.45) is 0 Å². The minimum absolute atomic E-state index is 0.0289. The molecule has 2 N–H and O–H groups in total. The number of benzene rings is 1. The lowest BCUT2D eigenvalue weighted by atomic mass is 9.96. The van der Waals surface area contributed by atoms with Crippen molar-refractivity contribution in [3.05, 3.63) is 35.9 Å². The Bertz CT molecular complexity index is 728. The zero-order chi connectivity index (χ0) is 13.6. The van der Waals surface area contributed by atoms with E-state index in [0.29, 0.717) is 0 Å². The van der Waals surface area contributed by atoms with Gasteiger partial charge in [-0.2, -0.15) is 5.10 Å². The molecule has 4 heteroatoms. The molecule has 0 spiro atoms. The number of hydrogen-bond donors (Lipinski definition) is 2. The van der Waals surface area contributed by atoms with E-state index in [1.165, 1.54) is 0 Å². The highest BCUT2D eigenvalue weighted by Crippen LogP contribution is 2.28. The van der Waals surface area contributed by atoms with E-state index in [1.54, 1.807) is 0 Å². The summed E-state index contributed by atoms with van der Waals surface area (Å²) in [7, 11) is 0. The summed E-state index contributed by atoms with van der Waals surface area (Å²) in [4.78, 5) is 8.14. The van der Waals surface area contributed by atoms with Crippen molar-refractivity contribution in [2.45, 2.75) is 33.1 Å². The number of nitrogens with one attached hydrogen (secondary N) is 2. The molecule has 2 heterocycles. The summed E-state index contributed by atoms with van der Waals surface area (Å²) in [5.41, 5.74) is 4.30. The van der Waals surface area contributed by atoms with Gasteiger partial charge in [0.25, 0.3) is 0 Å². The lowest BCUT2D eigenvalue weighted by Crippen LogP contribution is -2.13. The van der Waals surface area contributed by atoms with Crippen molar-refractivity contribution in [1.29, 1.82) is 0 Å². The summed E-state index contributed by atoms with van der Waals surface area (Å²) in [5.74, 6) is 1.02. The number of H-pyrrole nitrogens is 2. The first kappa shape index (κ1) is 12.0. The second kappa shape index (κ2) is 3.95. The van der Waals surface area contributed by atoms with Gasteiger partial charge in [0.1, 0.15) is 5.82 Å². The Balaban J connectivity index is 2.13. The number of nitrogens with zero attached hydrogens (tertiary/aromatic N) is 2. The maximum absolute atomic E-state index is 4.75. The normalized spacial score (nSPS) is 12.2. The van der Waals surface area contributed by atoms with Gasteiger partial charge in [0, 0.05) is 22.1 Å². The predicted octanol–water partition coefficient (Wildman–Crippen LogP) is 3.56. The Kier molecular flexibility index (Phi) is 2.49. The molecule has 98 valence electrons. The van der Waals surface area contributed by atoms with E-state index >= 15 is 0 Å². The van der Waals surface area contributed by atoms with Crippen molar-refractivity contribution in [3.63, 3.8) is 0 Å². The number of rotatable bonds is 1. The second-order valence-electron chi connectivity index (χ2n) is 5.98. The van der Waals surface area contributed by atoms with Crippen LogP contribution in [0.3, 0.4) is 0 Å². The first-order valence-corrected chi connectivity index (χ1v) is 6.46. The van der Waals surface area contributed by atoms with Crippen LogP contribution in [0.5, 0.6) is 0 Å². The van der Waals surface area contributed by atoms with E-state index in [4.69, 9.17) is 4.98 Å². The molecule has 1 aromatic carbocycles. The Morgan fingerprint density at radius 1 is 1.16 bits per heavy atom. The standard InChI is InChI=1S/C15H18N4/c1-9-13(18-14(17-9)15(2,3)4)10-5-6-11-8-16-19-12(11)7-10/h5-8H,1-4H3,(H,16,19)(H,17,18).